The zero-order valence-electron chi connectivity index (χ0n) is 13.0. The fourth-order valence-electron chi connectivity index (χ4n) is 3.29. The Bertz CT molecular complexity index is 1040. The Kier molecular flexibility index (Phi) is 2.95. The van der Waals surface area contributed by atoms with Gasteiger partial charge in [-0.05, 0) is 36.4 Å². The molecule has 0 saturated carbocycles. The number of anilines is 2. The summed E-state index contributed by atoms with van der Waals surface area (Å²) in [5.74, 6) is 0. The zero-order chi connectivity index (χ0) is 16.0. The summed E-state index contributed by atoms with van der Waals surface area (Å²) in [6.07, 6.45) is 0. The van der Waals surface area contributed by atoms with Crippen molar-refractivity contribution in [3.05, 3.63) is 66.7 Å². The van der Waals surface area contributed by atoms with Gasteiger partial charge in [0.1, 0.15) is 7.05 Å². The first-order chi connectivity index (χ1) is 11.1. The number of nitrogens with zero attached hydrogens (tertiary/aromatic N) is 1. The second-order valence-electron chi connectivity index (χ2n) is 5.86. The first-order valence-corrected chi connectivity index (χ1v) is 7.61. The van der Waals surface area contributed by atoms with Gasteiger partial charge in [-0.3, -0.25) is 0 Å². The number of aryl methyl sites for hydroxylation is 1. The molecule has 0 saturated heterocycles. The number of nitrogen functional groups attached to an aromatic ring is 2. The van der Waals surface area contributed by atoms with Crippen LogP contribution in [-0.2, 0) is 7.05 Å². The molecular formula is C20H18N3+. The topological polar surface area (TPSA) is 55.9 Å². The summed E-state index contributed by atoms with van der Waals surface area (Å²) >= 11 is 0. The van der Waals surface area contributed by atoms with Crippen molar-refractivity contribution in [2.75, 3.05) is 11.5 Å². The minimum atomic E-state index is 0.766. The predicted molar refractivity (Wildman–Crippen MR) is 96.9 cm³/mol. The molecular weight excluding hydrogens is 281 g/mol. The molecule has 3 nitrogen and oxygen atoms in total. The van der Waals surface area contributed by atoms with Crippen molar-refractivity contribution in [1.82, 2.24) is 0 Å². The van der Waals surface area contributed by atoms with E-state index in [0.29, 0.717) is 0 Å². The first-order valence-electron chi connectivity index (χ1n) is 7.61. The van der Waals surface area contributed by atoms with E-state index >= 15 is 0 Å². The molecule has 3 aromatic carbocycles. The molecule has 4 N–H and O–H groups in total. The molecule has 0 aliphatic carbocycles. The maximum absolute atomic E-state index is 6.06. The maximum Gasteiger partial charge on any atom is 0.220 e. The fraction of sp³-hybridized carbons (Fsp3) is 0.0500. The van der Waals surface area contributed by atoms with Gasteiger partial charge in [0.15, 0.2) is 0 Å². The molecule has 0 unspecified atom stereocenters. The molecule has 1 heterocycles. The van der Waals surface area contributed by atoms with E-state index in [-0.39, 0.29) is 0 Å². The molecule has 0 fully saturated rings. The van der Waals surface area contributed by atoms with Crippen LogP contribution in [0, 0.1) is 0 Å². The van der Waals surface area contributed by atoms with E-state index in [0.717, 1.165) is 33.5 Å². The molecule has 0 spiro atoms. The van der Waals surface area contributed by atoms with E-state index in [1.807, 2.05) is 30.3 Å². The van der Waals surface area contributed by atoms with Crippen LogP contribution >= 0.6 is 0 Å². The highest BCUT2D eigenvalue weighted by molar-refractivity contribution is 6.10. The van der Waals surface area contributed by atoms with E-state index in [1.165, 1.54) is 10.8 Å². The van der Waals surface area contributed by atoms with Crippen molar-refractivity contribution in [2.45, 2.75) is 0 Å². The van der Waals surface area contributed by atoms with Gasteiger partial charge in [-0.2, -0.15) is 4.57 Å². The number of hydrogen-bond acceptors (Lipinski definition) is 2. The Balaban J connectivity index is 2.26. The maximum atomic E-state index is 6.06. The molecule has 0 aliphatic heterocycles. The zero-order valence-corrected chi connectivity index (χ0v) is 13.0. The number of benzene rings is 3. The average molecular weight is 299 g/mol. The third-order valence-corrected chi connectivity index (χ3v) is 4.35. The highest BCUT2D eigenvalue weighted by Crippen LogP contribution is 2.32. The Labute approximate surface area is 134 Å². The van der Waals surface area contributed by atoms with Crippen LogP contribution in [0.5, 0.6) is 0 Å². The number of pyridine rings is 1. The van der Waals surface area contributed by atoms with Crippen molar-refractivity contribution in [2.24, 2.45) is 7.05 Å². The summed E-state index contributed by atoms with van der Waals surface area (Å²) < 4.78 is 2.20. The highest BCUT2D eigenvalue weighted by atomic mass is 14.9. The van der Waals surface area contributed by atoms with E-state index in [4.69, 9.17) is 11.5 Å². The summed E-state index contributed by atoms with van der Waals surface area (Å²) in [5.41, 5.74) is 17.0. The lowest BCUT2D eigenvalue weighted by Gasteiger charge is -2.10. The normalized spacial score (nSPS) is 11.2. The molecule has 23 heavy (non-hydrogen) atoms. The number of nitrogens with two attached hydrogens (primary N) is 2. The summed E-state index contributed by atoms with van der Waals surface area (Å²) in [6, 6.07) is 22.5. The predicted octanol–water partition coefficient (Wildman–Crippen LogP) is 3.65. The van der Waals surface area contributed by atoms with Crippen LogP contribution in [0.2, 0.25) is 0 Å². The van der Waals surface area contributed by atoms with E-state index in [1.54, 1.807) is 0 Å². The number of aromatic nitrogens is 1. The minimum Gasteiger partial charge on any atom is -0.399 e. The van der Waals surface area contributed by atoms with Crippen molar-refractivity contribution < 1.29 is 4.57 Å². The van der Waals surface area contributed by atoms with Crippen molar-refractivity contribution in [1.29, 1.82) is 0 Å². The first kappa shape index (κ1) is 13.6. The Hall–Kier alpha value is -3.07. The van der Waals surface area contributed by atoms with Gasteiger partial charge in [0.25, 0.3) is 0 Å². The Morgan fingerprint density at radius 2 is 1.35 bits per heavy atom. The van der Waals surface area contributed by atoms with E-state index in [2.05, 4.69) is 48.0 Å². The molecule has 0 amide bonds. The molecule has 0 atom stereocenters. The van der Waals surface area contributed by atoms with Gasteiger partial charge >= 0.3 is 0 Å². The Morgan fingerprint density at radius 1 is 0.696 bits per heavy atom. The molecule has 4 rings (SSSR count). The monoisotopic (exact) mass is 299 g/mol. The van der Waals surface area contributed by atoms with Gasteiger partial charge in [-0.25, -0.2) is 0 Å². The third kappa shape index (κ3) is 2.09. The molecule has 0 aliphatic rings. The van der Waals surface area contributed by atoms with E-state index < -0.39 is 0 Å². The van der Waals surface area contributed by atoms with Gasteiger partial charge in [0, 0.05) is 28.4 Å². The van der Waals surface area contributed by atoms with Crippen LogP contribution in [0.4, 0.5) is 11.4 Å². The van der Waals surface area contributed by atoms with Crippen molar-refractivity contribution >= 4 is 33.1 Å². The van der Waals surface area contributed by atoms with Crippen molar-refractivity contribution in [3.63, 3.8) is 0 Å². The number of hydrogen-bond donors (Lipinski definition) is 2. The van der Waals surface area contributed by atoms with Crippen LogP contribution in [0.3, 0.4) is 0 Å². The van der Waals surface area contributed by atoms with Crippen LogP contribution in [0.1, 0.15) is 0 Å². The van der Waals surface area contributed by atoms with Gasteiger partial charge < -0.3 is 11.5 Å². The third-order valence-electron chi connectivity index (χ3n) is 4.35. The van der Waals surface area contributed by atoms with Crippen LogP contribution in [0.15, 0.2) is 66.7 Å². The molecule has 3 heteroatoms. The lowest BCUT2D eigenvalue weighted by atomic mass is 9.97. The number of rotatable bonds is 1. The quantitative estimate of drug-likeness (QED) is 0.320. The second-order valence-corrected chi connectivity index (χ2v) is 5.86. The van der Waals surface area contributed by atoms with Crippen LogP contribution < -0.4 is 16.0 Å². The lowest BCUT2D eigenvalue weighted by Crippen LogP contribution is -2.32. The summed E-state index contributed by atoms with van der Waals surface area (Å²) in [4.78, 5) is 0. The smallest absolute Gasteiger partial charge is 0.220 e. The Morgan fingerprint density at radius 3 is 2.09 bits per heavy atom. The van der Waals surface area contributed by atoms with Gasteiger partial charge in [0.2, 0.25) is 11.2 Å². The second kappa shape index (κ2) is 4.99. The summed E-state index contributed by atoms with van der Waals surface area (Å²) in [6.45, 7) is 0. The van der Waals surface area contributed by atoms with Crippen LogP contribution in [0.25, 0.3) is 32.9 Å². The summed E-state index contributed by atoms with van der Waals surface area (Å²) in [5, 5.41) is 3.51. The van der Waals surface area contributed by atoms with Gasteiger partial charge in [-0.1, -0.05) is 24.3 Å². The average Bonchev–Trinajstić information content (AvgIpc) is 2.56. The molecule has 1 aromatic heterocycles. The SMILES string of the molecule is [11CH3][n+]1c(-c2ccccc2)c2cc(N)ccc2c2ccc(N)cc21. The molecule has 4 aromatic rings. The molecule has 0 radical (unpaired) electrons. The van der Waals surface area contributed by atoms with Gasteiger partial charge in [-0.15, -0.1) is 0 Å². The van der Waals surface area contributed by atoms with Crippen molar-refractivity contribution in [3.8, 4) is 11.3 Å². The minimum absolute atomic E-state index is 0.766. The fourth-order valence-corrected chi connectivity index (χ4v) is 3.29. The van der Waals surface area contributed by atoms with E-state index in [9.17, 15) is 0 Å². The van der Waals surface area contributed by atoms with Gasteiger partial charge in [0.05, 0.1) is 10.8 Å². The van der Waals surface area contributed by atoms with Crippen LogP contribution in [-0.4, -0.2) is 0 Å². The molecule has 0 bridgehead atoms. The summed E-state index contributed by atoms with van der Waals surface area (Å²) in [7, 11) is 2.08. The molecule has 112 valence electrons. The highest BCUT2D eigenvalue weighted by Gasteiger charge is 2.20. The largest absolute Gasteiger partial charge is 0.399 e. The lowest BCUT2D eigenvalue weighted by molar-refractivity contribution is -0.632. The standard InChI is InChI=1S/C20H17N3/c1-23-19-12-15(22)8-10-17(19)16-9-7-14(21)11-18(16)20(23)13-5-3-2-4-6-13/h2-12,22H,21H2,1H3/p+1/i1-1. The number of fused-ring (bicyclic) bond motifs is 3.